The molecule has 126 valence electrons. The van der Waals surface area contributed by atoms with Gasteiger partial charge in [-0.25, -0.2) is 15.0 Å². The van der Waals surface area contributed by atoms with Crippen LogP contribution in [-0.4, -0.2) is 36.7 Å². The standard InChI is InChI=1S/C15H19BrN8/c1-3-17-15(19-7-14-20-10-21-23(14)2)18-6-12-9-24-8-11(16)4-5-13(24)22-12/h4-5,8-10H,3,6-7H2,1-2H3,(H2,17,18,19). The summed E-state index contributed by atoms with van der Waals surface area (Å²) in [6, 6.07) is 3.94. The molecule has 0 radical (unpaired) electrons. The van der Waals surface area contributed by atoms with Gasteiger partial charge in [0.1, 0.15) is 17.8 Å². The molecule has 0 aliphatic rings. The number of guanidine groups is 1. The topological polar surface area (TPSA) is 84.4 Å². The lowest BCUT2D eigenvalue weighted by Gasteiger charge is -2.10. The Balaban J connectivity index is 1.68. The van der Waals surface area contributed by atoms with Gasteiger partial charge in [-0.1, -0.05) is 0 Å². The summed E-state index contributed by atoms with van der Waals surface area (Å²) in [6.07, 6.45) is 5.50. The number of nitrogens with one attached hydrogen (secondary N) is 2. The monoisotopic (exact) mass is 390 g/mol. The molecular weight excluding hydrogens is 372 g/mol. The average molecular weight is 391 g/mol. The summed E-state index contributed by atoms with van der Waals surface area (Å²) in [4.78, 5) is 13.3. The molecule has 0 saturated carbocycles. The van der Waals surface area contributed by atoms with Gasteiger partial charge >= 0.3 is 0 Å². The predicted molar refractivity (Wildman–Crippen MR) is 95.6 cm³/mol. The quantitative estimate of drug-likeness (QED) is 0.509. The Morgan fingerprint density at radius 3 is 2.92 bits per heavy atom. The van der Waals surface area contributed by atoms with Gasteiger partial charge in [0.25, 0.3) is 0 Å². The highest BCUT2D eigenvalue weighted by Crippen LogP contribution is 2.12. The molecule has 0 spiro atoms. The second-order valence-electron chi connectivity index (χ2n) is 5.19. The first-order chi connectivity index (χ1) is 11.7. The number of aliphatic imine (C=N–C) groups is 1. The first kappa shape index (κ1) is 16.4. The maximum absolute atomic E-state index is 4.58. The van der Waals surface area contributed by atoms with Crippen LogP contribution >= 0.6 is 15.9 Å². The number of hydrogen-bond acceptors (Lipinski definition) is 4. The molecule has 8 nitrogen and oxygen atoms in total. The van der Waals surface area contributed by atoms with Gasteiger partial charge in [-0.05, 0) is 35.0 Å². The normalized spacial score (nSPS) is 11.9. The Bertz CT molecular complexity index is 850. The molecule has 0 aromatic carbocycles. The van der Waals surface area contributed by atoms with Crippen LogP contribution in [0, 0.1) is 0 Å². The summed E-state index contributed by atoms with van der Waals surface area (Å²) in [7, 11) is 1.86. The first-order valence-electron chi connectivity index (χ1n) is 7.64. The third-order valence-electron chi connectivity index (χ3n) is 3.43. The van der Waals surface area contributed by atoms with Gasteiger partial charge in [-0.15, -0.1) is 0 Å². The van der Waals surface area contributed by atoms with Crippen LogP contribution in [0.2, 0.25) is 0 Å². The van der Waals surface area contributed by atoms with Crippen LogP contribution in [-0.2, 0) is 20.1 Å². The van der Waals surface area contributed by atoms with E-state index in [0.717, 1.165) is 34.1 Å². The van der Waals surface area contributed by atoms with Crippen LogP contribution in [0.3, 0.4) is 0 Å². The van der Waals surface area contributed by atoms with E-state index in [4.69, 9.17) is 0 Å². The van der Waals surface area contributed by atoms with Crippen LogP contribution in [0.4, 0.5) is 0 Å². The first-order valence-corrected chi connectivity index (χ1v) is 8.43. The molecule has 0 atom stereocenters. The number of imidazole rings is 1. The van der Waals surface area contributed by atoms with E-state index in [0.29, 0.717) is 13.1 Å². The molecule has 0 fully saturated rings. The number of pyridine rings is 1. The lowest BCUT2D eigenvalue weighted by molar-refractivity contribution is 0.673. The van der Waals surface area contributed by atoms with E-state index in [-0.39, 0.29) is 0 Å². The second kappa shape index (κ2) is 7.43. The van der Waals surface area contributed by atoms with Crippen molar-refractivity contribution in [2.24, 2.45) is 12.0 Å². The summed E-state index contributed by atoms with van der Waals surface area (Å²) in [6.45, 7) is 3.86. The van der Waals surface area contributed by atoms with E-state index in [1.54, 1.807) is 4.68 Å². The smallest absolute Gasteiger partial charge is 0.192 e. The fraction of sp³-hybridized carbons (Fsp3) is 0.333. The minimum atomic E-state index is 0.493. The zero-order chi connectivity index (χ0) is 16.9. The predicted octanol–water partition coefficient (Wildman–Crippen LogP) is 1.48. The Hall–Kier alpha value is -2.42. The Morgan fingerprint density at radius 1 is 1.29 bits per heavy atom. The lowest BCUT2D eigenvalue weighted by atomic mass is 10.5. The highest BCUT2D eigenvalue weighted by atomic mass is 79.9. The van der Waals surface area contributed by atoms with Crippen molar-refractivity contribution in [1.29, 1.82) is 0 Å². The molecule has 0 bridgehead atoms. The SMILES string of the molecule is CCNC(=NCc1cn2cc(Br)ccc2n1)NCc1ncnn1C. The number of fused-ring (bicyclic) bond motifs is 1. The van der Waals surface area contributed by atoms with Crippen molar-refractivity contribution in [2.45, 2.75) is 20.0 Å². The fourth-order valence-corrected chi connectivity index (χ4v) is 2.59. The third-order valence-corrected chi connectivity index (χ3v) is 3.90. The van der Waals surface area contributed by atoms with Crippen LogP contribution in [0.15, 0.2) is 40.3 Å². The molecule has 3 rings (SSSR count). The number of halogens is 1. The van der Waals surface area contributed by atoms with E-state index in [2.05, 4.69) is 46.6 Å². The van der Waals surface area contributed by atoms with Crippen molar-refractivity contribution in [3.63, 3.8) is 0 Å². The van der Waals surface area contributed by atoms with Gasteiger partial charge in [0.2, 0.25) is 0 Å². The fourth-order valence-electron chi connectivity index (χ4n) is 2.24. The Kier molecular flexibility index (Phi) is 5.09. The van der Waals surface area contributed by atoms with Gasteiger partial charge in [0, 0.05) is 30.5 Å². The van der Waals surface area contributed by atoms with Crippen molar-refractivity contribution < 1.29 is 0 Å². The number of aryl methyl sites for hydroxylation is 1. The summed E-state index contributed by atoms with van der Waals surface area (Å²) in [5.74, 6) is 1.57. The molecule has 0 amide bonds. The Labute approximate surface area is 148 Å². The minimum absolute atomic E-state index is 0.493. The lowest BCUT2D eigenvalue weighted by Crippen LogP contribution is -2.37. The van der Waals surface area contributed by atoms with Gasteiger partial charge in [-0.3, -0.25) is 4.68 Å². The van der Waals surface area contributed by atoms with Gasteiger partial charge < -0.3 is 15.0 Å². The highest BCUT2D eigenvalue weighted by molar-refractivity contribution is 9.10. The largest absolute Gasteiger partial charge is 0.357 e. The molecule has 24 heavy (non-hydrogen) atoms. The molecule has 0 saturated heterocycles. The van der Waals surface area contributed by atoms with Gasteiger partial charge in [0.05, 0.1) is 18.8 Å². The van der Waals surface area contributed by atoms with Crippen molar-refractivity contribution in [3.05, 3.63) is 46.8 Å². The molecule has 3 aromatic rings. The summed E-state index contributed by atoms with van der Waals surface area (Å²) >= 11 is 3.46. The number of rotatable bonds is 5. The number of aromatic nitrogens is 5. The highest BCUT2D eigenvalue weighted by Gasteiger charge is 2.05. The maximum Gasteiger partial charge on any atom is 0.192 e. The van der Waals surface area contributed by atoms with E-state index >= 15 is 0 Å². The van der Waals surface area contributed by atoms with Gasteiger partial charge in [-0.2, -0.15) is 5.10 Å². The molecule has 0 aliphatic heterocycles. The minimum Gasteiger partial charge on any atom is -0.357 e. The van der Waals surface area contributed by atoms with Crippen molar-refractivity contribution >= 4 is 27.5 Å². The van der Waals surface area contributed by atoms with Crippen molar-refractivity contribution in [2.75, 3.05) is 6.54 Å². The number of nitrogens with zero attached hydrogens (tertiary/aromatic N) is 6. The molecule has 0 aliphatic carbocycles. The Morgan fingerprint density at radius 2 is 2.17 bits per heavy atom. The molecule has 0 unspecified atom stereocenters. The second-order valence-corrected chi connectivity index (χ2v) is 6.11. The molecule has 9 heteroatoms. The molecule has 3 heterocycles. The maximum atomic E-state index is 4.58. The number of hydrogen-bond donors (Lipinski definition) is 2. The van der Waals surface area contributed by atoms with E-state index in [1.165, 1.54) is 6.33 Å². The van der Waals surface area contributed by atoms with E-state index < -0.39 is 0 Å². The average Bonchev–Trinajstić information content (AvgIpc) is 3.15. The molecular formula is C15H19BrN8. The summed E-state index contributed by atoms with van der Waals surface area (Å²) in [5, 5.41) is 10.5. The van der Waals surface area contributed by atoms with E-state index in [9.17, 15) is 0 Å². The van der Waals surface area contributed by atoms with E-state index in [1.807, 2.05) is 42.9 Å². The summed E-state index contributed by atoms with van der Waals surface area (Å²) < 4.78 is 4.73. The molecule has 2 N–H and O–H groups in total. The van der Waals surface area contributed by atoms with Crippen molar-refractivity contribution in [1.82, 2.24) is 34.8 Å². The van der Waals surface area contributed by atoms with Crippen LogP contribution in [0.5, 0.6) is 0 Å². The summed E-state index contributed by atoms with van der Waals surface area (Å²) in [5.41, 5.74) is 1.81. The zero-order valence-corrected chi connectivity index (χ0v) is 15.2. The van der Waals surface area contributed by atoms with Crippen LogP contribution in [0.1, 0.15) is 18.4 Å². The van der Waals surface area contributed by atoms with Crippen LogP contribution in [0.25, 0.3) is 5.65 Å². The van der Waals surface area contributed by atoms with Crippen LogP contribution < -0.4 is 10.6 Å². The van der Waals surface area contributed by atoms with Crippen molar-refractivity contribution in [3.8, 4) is 0 Å². The molecule has 3 aromatic heterocycles. The van der Waals surface area contributed by atoms with Gasteiger partial charge in [0.15, 0.2) is 5.96 Å². The zero-order valence-electron chi connectivity index (χ0n) is 13.6. The third kappa shape index (κ3) is 3.91.